The summed E-state index contributed by atoms with van der Waals surface area (Å²) < 4.78 is 75.7. The van der Waals surface area contributed by atoms with Gasteiger partial charge in [0.05, 0.1) is 22.5 Å². The molecule has 0 radical (unpaired) electrons. The van der Waals surface area contributed by atoms with Gasteiger partial charge in [-0.15, -0.1) is 0 Å². The molecule has 11 heteroatoms. The van der Waals surface area contributed by atoms with Crippen molar-refractivity contribution in [1.29, 1.82) is 0 Å². The minimum absolute atomic E-state index is 0.0398. The molecular weight excluding hydrogens is 475 g/mol. The van der Waals surface area contributed by atoms with Crippen molar-refractivity contribution in [1.82, 2.24) is 14.9 Å². The largest absolute Gasteiger partial charge is 0.417 e. The van der Waals surface area contributed by atoms with Gasteiger partial charge in [0.2, 0.25) is 0 Å². The van der Waals surface area contributed by atoms with Gasteiger partial charge in [0, 0.05) is 46.9 Å². The average molecular weight is 494 g/mol. The first-order valence-electron chi connectivity index (χ1n) is 10.8. The number of nitrogens with one attached hydrogen (secondary N) is 1. The van der Waals surface area contributed by atoms with Gasteiger partial charge in [0.1, 0.15) is 11.6 Å². The summed E-state index contributed by atoms with van der Waals surface area (Å²) in [7, 11) is -3.50. The lowest BCUT2D eigenvalue weighted by Crippen LogP contribution is -2.43. The molecule has 0 bridgehead atoms. The molecule has 1 atom stereocenters. The average Bonchev–Trinajstić information content (AvgIpc) is 2.91. The maximum Gasteiger partial charge on any atom is 0.417 e. The van der Waals surface area contributed by atoms with Gasteiger partial charge in [-0.2, -0.15) is 22.0 Å². The highest BCUT2D eigenvalue weighted by Gasteiger charge is 2.48. The molecule has 0 spiro atoms. The van der Waals surface area contributed by atoms with Crippen molar-refractivity contribution in [2.45, 2.75) is 28.9 Å². The van der Waals surface area contributed by atoms with E-state index in [0.717, 1.165) is 18.2 Å². The number of aryl methyl sites for hydroxylation is 1. The number of rotatable bonds is 1. The number of halogens is 5. The van der Waals surface area contributed by atoms with E-state index in [9.17, 15) is 22.4 Å². The van der Waals surface area contributed by atoms with Crippen LogP contribution in [0.2, 0.25) is 0 Å². The molecule has 5 nitrogen and oxygen atoms in total. The van der Waals surface area contributed by atoms with Gasteiger partial charge in [0.25, 0.3) is 0 Å². The molecule has 1 N–H and O–H groups in total. The monoisotopic (exact) mass is 494 g/mol. The highest BCUT2D eigenvalue weighted by Crippen LogP contribution is 2.76. The van der Waals surface area contributed by atoms with Crippen molar-refractivity contribution in [2.75, 3.05) is 30.3 Å². The fourth-order valence-corrected chi connectivity index (χ4v) is 8.33. The Balaban J connectivity index is 1.80. The first kappa shape index (κ1) is 21.5. The number of anilines is 1. The summed E-state index contributed by atoms with van der Waals surface area (Å²) >= 11 is 0. The number of hydrogen-bond acceptors (Lipinski definition) is 4. The molecule has 1 saturated heterocycles. The molecule has 34 heavy (non-hydrogen) atoms. The predicted octanol–water partition coefficient (Wildman–Crippen LogP) is 4.97. The number of benzene rings is 2. The first-order valence-corrected chi connectivity index (χ1v) is 12.5. The van der Waals surface area contributed by atoms with Crippen LogP contribution in [0.25, 0.3) is 22.0 Å². The lowest BCUT2D eigenvalue weighted by atomic mass is 9.96. The van der Waals surface area contributed by atoms with Crippen LogP contribution in [0.1, 0.15) is 12.0 Å². The van der Waals surface area contributed by atoms with Crippen LogP contribution in [0.4, 0.5) is 27.3 Å². The number of fused-ring (bicyclic) bond motifs is 3. The van der Waals surface area contributed by atoms with Crippen LogP contribution in [-0.4, -0.2) is 34.9 Å². The van der Waals surface area contributed by atoms with Crippen molar-refractivity contribution in [3.63, 3.8) is 0 Å². The number of nitrogens with zero attached hydrogens (tertiary/aromatic N) is 3. The van der Waals surface area contributed by atoms with E-state index in [4.69, 9.17) is 0 Å². The smallest absolute Gasteiger partial charge is 0.386 e. The van der Waals surface area contributed by atoms with Gasteiger partial charge >= 0.3 is 11.9 Å². The van der Waals surface area contributed by atoms with Crippen molar-refractivity contribution < 1.29 is 21.4 Å². The molecule has 4 heterocycles. The molecule has 0 saturated carbocycles. The SMILES string of the molecule is C=C1CN(c2nc(=O)n3c4c5c(c(C(F)(F)F)cc24)-c2ccc(F)cc2S5(F)CCC3)CCN1. The van der Waals surface area contributed by atoms with Crippen LogP contribution in [0.5, 0.6) is 0 Å². The number of hydrogen-bond donors (Lipinski definition) is 1. The summed E-state index contributed by atoms with van der Waals surface area (Å²) in [6.07, 6.45) is -4.58. The fraction of sp³-hybridized carbons (Fsp3) is 0.304. The van der Waals surface area contributed by atoms with Crippen LogP contribution in [0.3, 0.4) is 0 Å². The predicted molar refractivity (Wildman–Crippen MR) is 120 cm³/mol. The number of alkyl halides is 3. The number of piperazine rings is 1. The summed E-state index contributed by atoms with van der Waals surface area (Å²) in [6, 6.07) is 4.24. The highest BCUT2D eigenvalue weighted by atomic mass is 32.3. The highest BCUT2D eigenvalue weighted by molar-refractivity contribution is 8.30. The van der Waals surface area contributed by atoms with E-state index in [-0.39, 0.29) is 62.9 Å². The van der Waals surface area contributed by atoms with Crippen molar-refractivity contribution in [2.24, 2.45) is 0 Å². The van der Waals surface area contributed by atoms with Gasteiger partial charge < -0.3 is 10.2 Å². The van der Waals surface area contributed by atoms with E-state index in [1.165, 1.54) is 10.6 Å². The maximum atomic E-state index is 17.0. The summed E-state index contributed by atoms with van der Waals surface area (Å²) in [6.45, 7) is 5.12. The quantitative estimate of drug-likeness (QED) is 0.486. The van der Waals surface area contributed by atoms with E-state index < -0.39 is 33.7 Å². The zero-order valence-electron chi connectivity index (χ0n) is 17.8. The Labute approximate surface area is 192 Å². The summed E-state index contributed by atoms with van der Waals surface area (Å²) in [5, 5.41) is 3.14. The van der Waals surface area contributed by atoms with Crippen molar-refractivity contribution >= 4 is 27.1 Å². The second-order valence-corrected chi connectivity index (χ2v) is 11.3. The molecule has 0 amide bonds. The molecule has 1 fully saturated rings. The zero-order valence-corrected chi connectivity index (χ0v) is 18.6. The minimum atomic E-state index is -4.80. The van der Waals surface area contributed by atoms with Crippen LogP contribution < -0.4 is 15.9 Å². The Morgan fingerprint density at radius 1 is 1.18 bits per heavy atom. The lowest BCUT2D eigenvalue weighted by molar-refractivity contribution is -0.137. The van der Waals surface area contributed by atoms with Gasteiger partial charge in [0.15, 0.2) is 0 Å². The van der Waals surface area contributed by atoms with Gasteiger partial charge in [-0.05, 0) is 40.6 Å². The Hall–Kier alpha value is -3.08. The topological polar surface area (TPSA) is 50.2 Å². The minimum Gasteiger partial charge on any atom is -0.386 e. The van der Waals surface area contributed by atoms with Gasteiger partial charge in [-0.3, -0.25) is 4.57 Å². The molecule has 1 aromatic heterocycles. The van der Waals surface area contributed by atoms with E-state index >= 15 is 3.89 Å². The Bertz CT molecular complexity index is 1470. The van der Waals surface area contributed by atoms with Gasteiger partial charge in [-0.1, -0.05) is 12.6 Å². The first-order chi connectivity index (χ1) is 16.1. The van der Waals surface area contributed by atoms with E-state index in [2.05, 4.69) is 16.9 Å². The van der Waals surface area contributed by atoms with E-state index in [1.807, 2.05) is 0 Å². The third kappa shape index (κ3) is 2.85. The number of aromatic nitrogens is 2. The lowest BCUT2D eigenvalue weighted by Gasteiger charge is -2.32. The van der Waals surface area contributed by atoms with Crippen molar-refractivity contribution in [3.8, 4) is 11.1 Å². The Morgan fingerprint density at radius 2 is 1.97 bits per heavy atom. The van der Waals surface area contributed by atoms with Crippen LogP contribution in [-0.2, 0) is 12.7 Å². The van der Waals surface area contributed by atoms with Crippen LogP contribution >= 0.6 is 10.4 Å². The fourth-order valence-electron chi connectivity index (χ4n) is 5.28. The van der Waals surface area contributed by atoms with Crippen molar-refractivity contribution in [3.05, 3.63) is 58.4 Å². The molecular formula is C23H19F5N4OS. The standard InChI is InChI=1S/C23H19F5N4OS/c1-12-11-31(7-5-29-12)21-15-10-16(23(25,26)27)18-14-4-3-13(24)9-17(14)34(28)8-2-6-32(22(33)30-21)19(15)20(18)34/h3-4,9-10,29H,1-2,5-8,11H2. The van der Waals surface area contributed by atoms with E-state index in [1.54, 1.807) is 4.90 Å². The Kier molecular flexibility index (Phi) is 4.40. The normalized spacial score (nSPS) is 23.3. The summed E-state index contributed by atoms with van der Waals surface area (Å²) in [4.78, 5) is 18.8. The molecule has 1 unspecified atom stereocenters. The second kappa shape index (κ2) is 6.97. The zero-order chi connectivity index (χ0) is 24.0. The molecule has 2 aromatic carbocycles. The maximum absolute atomic E-state index is 17.0. The molecule has 3 aliphatic heterocycles. The third-order valence-electron chi connectivity index (χ3n) is 6.63. The Morgan fingerprint density at radius 3 is 2.71 bits per heavy atom. The molecule has 178 valence electrons. The van der Waals surface area contributed by atoms with Gasteiger partial charge in [-0.25, -0.2) is 9.18 Å². The van der Waals surface area contributed by atoms with Crippen LogP contribution in [0, 0.1) is 5.82 Å². The summed E-state index contributed by atoms with van der Waals surface area (Å²) in [5.74, 6) is -0.719. The molecule has 6 rings (SSSR count). The molecule has 0 aliphatic carbocycles. The summed E-state index contributed by atoms with van der Waals surface area (Å²) in [5.41, 5.74) is -1.12. The van der Waals surface area contributed by atoms with Crippen LogP contribution in [0.15, 0.2) is 51.1 Å². The second-order valence-electron chi connectivity index (χ2n) is 8.70. The third-order valence-corrected chi connectivity index (χ3v) is 9.57. The molecule has 3 aliphatic rings. The molecule has 3 aromatic rings. The van der Waals surface area contributed by atoms with E-state index in [0.29, 0.717) is 18.8 Å².